The Morgan fingerprint density at radius 2 is 1.53 bits per heavy atom. The first-order valence-corrected chi connectivity index (χ1v) is 12.5. The Morgan fingerprint density at radius 1 is 0.921 bits per heavy atom. The van der Waals surface area contributed by atoms with Gasteiger partial charge in [0.15, 0.2) is 12.4 Å². The molecule has 1 saturated heterocycles. The molecule has 1 heterocycles. The highest BCUT2D eigenvalue weighted by Gasteiger charge is 2.49. The van der Waals surface area contributed by atoms with Crippen LogP contribution in [0, 0.1) is 11.6 Å². The molecule has 11 heteroatoms. The van der Waals surface area contributed by atoms with E-state index in [-0.39, 0.29) is 24.1 Å². The van der Waals surface area contributed by atoms with Crippen molar-refractivity contribution in [2.45, 2.75) is 11.3 Å². The Bertz CT molecular complexity index is 1330. The lowest BCUT2D eigenvalue weighted by Crippen LogP contribution is -2.57. The van der Waals surface area contributed by atoms with Gasteiger partial charge < -0.3 is 20.1 Å². The van der Waals surface area contributed by atoms with Gasteiger partial charge in [-0.3, -0.25) is 19.2 Å². The fourth-order valence-corrected chi connectivity index (χ4v) is 5.07. The third kappa shape index (κ3) is 6.35. The predicted octanol–water partition coefficient (Wildman–Crippen LogP) is 3.62. The number of nitrogens with one attached hydrogen (secondary N) is 1. The van der Waals surface area contributed by atoms with E-state index >= 15 is 0 Å². The number of carboxylic acids is 1. The van der Waals surface area contributed by atoms with Crippen LogP contribution >= 0.6 is 11.8 Å². The van der Waals surface area contributed by atoms with Gasteiger partial charge in [0.1, 0.15) is 29.2 Å². The Morgan fingerprint density at radius 3 is 2.13 bits per heavy atom. The Hall–Kier alpha value is -4.25. The molecule has 1 fully saturated rings. The van der Waals surface area contributed by atoms with Crippen molar-refractivity contribution in [3.05, 3.63) is 95.6 Å². The lowest BCUT2D eigenvalue weighted by molar-refractivity contribution is -0.138. The molecule has 0 aromatic heterocycles. The van der Waals surface area contributed by atoms with Crippen molar-refractivity contribution in [1.82, 2.24) is 5.32 Å². The van der Waals surface area contributed by atoms with Gasteiger partial charge in [0.05, 0.1) is 11.8 Å². The minimum Gasteiger partial charge on any atom is -0.484 e. The van der Waals surface area contributed by atoms with Crippen LogP contribution in [0.15, 0.2) is 72.8 Å². The first kappa shape index (κ1) is 26.8. The number of rotatable bonds is 11. The molecule has 0 spiro atoms. The van der Waals surface area contributed by atoms with Crippen molar-refractivity contribution in [3.8, 4) is 5.75 Å². The number of aliphatic carboxylic acids is 1. The lowest BCUT2D eigenvalue weighted by Gasteiger charge is -2.47. The number of halogens is 2. The molecule has 2 N–H and O–H groups in total. The summed E-state index contributed by atoms with van der Waals surface area (Å²) in [5, 5.41) is 10.2. The van der Waals surface area contributed by atoms with Crippen molar-refractivity contribution in [1.29, 1.82) is 0 Å². The zero-order chi connectivity index (χ0) is 27.2. The number of hydrogen-bond acceptors (Lipinski definition) is 6. The fraction of sp³-hybridized carbons (Fsp3) is 0.185. The largest absolute Gasteiger partial charge is 0.484 e. The number of β-lactam (4-membered cyclic amide) rings is 1. The Balaban J connectivity index is 1.47. The molecule has 2 unspecified atom stereocenters. The van der Waals surface area contributed by atoms with Gasteiger partial charge in [0.25, 0.3) is 5.91 Å². The van der Waals surface area contributed by atoms with Crippen LogP contribution in [0.25, 0.3) is 0 Å². The smallest absolute Gasteiger partial charge is 0.322 e. The van der Waals surface area contributed by atoms with E-state index in [9.17, 15) is 28.0 Å². The molecule has 1 aliphatic rings. The molecule has 1 aliphatic heterocycles. The van der Waals surface area contributed by atoms with Crippen molar-refractivity contribution in [2.75, 3.05) is 23.8 Å². The van der Waals surface area contributed by atoms with Crippen LogP contribution in [0.5, 0.6) is 5.75 Å². The number of ether oxygens (including phenoxy) is 1. The summed E-state index contributed by atoms with van der Waals surface area (Å²) in [6.07, 6.45) is 0. The number of amides is 2. The van der Waals surface area contributed by atoms with Crippen molar-refractivity contribution >= 4 is 41.0 Å². The van der Waals surface area contributed by atoms with Gasteiger partial charge in [-0.15, -0.1) is 11.8 Å². The topological polar surface area (TPSA) is 113 Å². The number of carbonyl (C=O) groups is 4. The van der Waals surface area contributed by atoms with Gasteiger partial charge in [-0.1, -0.05) is 12.1 Å². The number of benzene rings is 3. The molecule has 4 rings (SSSR count). The van der Waals surface area contributed by atoms with E-state index < -0.39 is 41.3 Å². The maximum Gasteiger partial charge on any atom is 0.322 e. The molecule has 38 heavy (non-hydrogen) atoms. The van der Waals surface area contributed by atoms with E-state index in [1.54, 1.807) is 24.3 Å². The van der Waals surface area contributed by atoms with Gasteiger partial charge >= 0.3 is 5.97 Å². The summed E-state index contributed by atoms with van der Waals surface area (Å²) in [5.41, 5.74) is 1.56. The van der Waals surface area contributed by atoms with E-state index in [2.05, 4.69) is 5.32 Å². The van der Waals surface area contributed by atoms with Crippen molar-refractivity contribution in [3.63, 3.8) is 0 Å². The Labute approximate surface area is 220 Å². The summed E-state index contributed by atoms with van der Waals surface area (Å²) in [6.45, 7) is -0.890. The average Bonchev–Trinajstić information content (AvgIpc) is 2.91. The summed E-state index contributed by atoms with van der Waals surface area (Å²) in [4.78, 5) is 49.5. The van der Waals surface area contributed by atoms with Gasteiger partial charge in [-0.2, -0.15) is 0 Å². The zero-order valence-corrected chi connectivity index (χ0v) is 20.6. The normalized spacial score (nSPS) is 16.5. The SMILES string of the molecule is O=C(O)CNC(=O)COc1ccc(C2C(SCC(=O)c3ccc(F)cc3)C(=O)N2c2ccc(F)cc2)cc1. The molecular formula is C27H22F2N2O6S. The number of hydrogen-bond donors (Lipinski definition) is 2. The van der Waals surface area contributed by atoms with Gasteiger partial charge in [0.2, 0.25) is 5.91 Å². The molecule has 0 saturated carbocycles. The maximum absolute atomic E-state index is 13.5. The number of nitrogens with zero attached hydrogens (tertiary/aromatic N) is 1. The van der Waals surface area contributed by atoms with E-state index in [1.807, 2.05) is 0 Å². The van der Waals surface area contributed by atoms with Crippen LogP contribution in [0.3, 0.4) is 0 Å². The molecule has 3 aromatic carbocycles. The molecule has 2 atom stereocenters. The summed E-state index contributed by atoms with van der Waals surface area (Å²) in [6, 6.07) is 16.9. The minimum atomic E-state index is -1.17. The van der Waals surface area contributed by atoms with E-state index in [4.69, 9.17) is 9.84 Å². The third-order valence-corrected chi connectivity index (χ3v) is 6.99. The van der Waals surface area contributed by atoms with Crippen LogP contribution in [-0.2, 0) is 14.4 Å². The highest BCUT2D eigenvalue weighted by molar-refractivity contribution is 8.01. The molecule has 196 valence electrons. The summed E-state index contributed by atoms with van der Waals surface area (Å²) in [7, 11) is 0. The standard InChI is InChI=1S/C27H22F2N2O6S/c28-18-5-1-16(2-6-18)22(32)15-38-26-25(31(27(26)36)20-9-7-19(29)8-10-20)17-3-11-21(12-4-17)37-14-23(33)30-13-24(34)35/h1-12,25-26H,13-15H2,(H,30,33)(H,34,35). The first-order valence-electron chi connectivity index (χ1n) is 11.4. The minimum absolute atomic E-state index is 0.00243. The molecule has 3 aromatic rings. The van der Waals surface area contributed by atoms with Crippen LogP contribution in [0.4, 0.5) is 14.5 Å². The average molecular weight is 541 g/mol. The number of carboxylic acid groups (broad SMARTS) is 1. The molecule has 0 aliphatic carbocycles. The molecule has 0 radical (unpaired) electrons. The van der Waals surface area contributed by atoms with Crippen LogP contribution in [0.2, 0.25) is 0 Å². The van der Waals surface area contributed by atoms with Crippen LogP contribution in [-0.4, -0.2) is 52.8 Å². The van der Waals surface area contributed by atoms with Crippen LogP contribution in [0.1, 0.15) is 22.0 Å². The molecule has 0 bridgehead atoms. The van der Waals surface area contributed by atoms with Gasteiger partial charge in [-0.05, 0) is 66.2 Å². The second kappa shape index (κ2) is 11.9. The quantitative estimate of drug-likeness (QED) is 0.282. The molecule has 2 amide bonds. The number of ketones is 1. The summed E-state index contributed by atoms with van der Waals surface area (Å²) >= 11 is 1.17. The van der Waals surface area contributed by atoms with Crippen molar-refractivity contribution in [2.24, 2.45) is 0 Å². The van der Waals surface area contributed by atoms with Gasteiger partial charge in [0, 0.05) is 11.3 Å². The summed E-state index contributed by atoms with van der Waals surface area (Å²) < 4.78 is 32.1. The van der Waals surface area contributed by atoms with E-state index in [0.717, 1.165) is 5.56 Å². The monoisotopic (exact) mass is 540 g/mol. The predicted molar refractivity (Wildman–Crippen MR) is 136 cm³/mol. The Kier molecular flexibility index (Phi) is 8.37. The second-order valence-corrected chi connectivity index (χ2v) is 9.45. The van der Waals surface area contributed by atoms with E-state index in [0.29, 0.717) is 17.0 Å². The number of carbonyl (C=O) groups excluding carboxylic acids is 3. The fourth-order valence-electron chi connectivity index (χ4n) is 3.86. The highest BCUT2D eigenvalue weighted by Crippen LogP contribution is 2.45. The molecular weight excluding hydrogens is 518 g/mol. The summed E-state index contributed by atoms with van der Waals surface area (Å²) in [5.74, 6) is -2.78. The van der Waals surface area contributed by atoms with E-state index in [1.165, 1.54) is 65.2 Å². The lowest BCUT2D eigenvalue weighted by atomic mass is 9.92. The van der Waals surface area contributed by atoms with Crippen molar-refractivity contribution < 1.29 is 37.8 Å². The van der Waals surface area contributed by atoms with Crippen LogP contribution < -0.4 is 15.0 Å². The van der Waals surface area contributed by atoms with Gasteiger partial charge in [-0.25, -0.2) is 8.78 Å². The second-order valence-electron chi connectivity index (χ2n) is 8.32. The third-order valence-electron chi connectivity index (χ3n) is 5.74. The number of thioether (sulfide) groups is 1. The maximum atomic E-state index is 13.5. The first-order chi connectivity index (χ1) is 18.2. The number of Topliss-reactive ketones (excluding diaryl/α,β-unsaturated/α-hetero) is 1. The highest BCUT2D eigenvalue weighted by atomic mass is 32.2. The zero-order valence-electron chi connectivity index (χ0n) is 19.8. The number of anilines is 1. The molecule has 8 nitrogen and oxygen atoms in total.